The molecule has 0 aromatic carbocycles. The predicted molar refractivity (Wildman–Crippen MR) is 49.6 cm³/mol. The third-order valence-corrected chi connectivity index (χ3v) is 2.64. The van der Waals surface area contributed by atoms with Gasteiger partial charge in [-0.15, -0.1) is 0 Å². The van der Waals surface area contributed by atoms with Crippen LogP contribution in [0.15, 0.2) is 0 Å². The van der Waals surface area contributed by atoms with Gasteiger partial charge in [-0.1, -0.05) is 0 Å². The molecule has 1 aliphatic heterocycles. The van der Waals surface area contributed by atoms with Crippen LogP contribution in [0, 0.1) is 0 Å². The van der Waals surface area contributed by atoms with Gasteiger partial charge in [-0.05, 0) is 13.0 Å². The van der Waals surface area contributed by atoms with Gasteiger partial charge in [0, 0.05) is 26.2 Å². The molecule has 1 unspecified atom stereocenters. The molecule has 0 bridgehead atoms. The number of hydrogen-bond acceptors (Lipinski definition) is 3. The van der Waals surface area contributed by atoms with Crippen molar-refractivity contribution < 1.29 is 8.76 Å². The average Bonchev–Trinajstić information content (AvgIpc) is 2.05. The zero-order chi connectivity index (χ0) is 8.81. The molecule has 1 fully saturated rings. The van der Waals surface area contributed by atoms with Crippen LogP contribution < -0.4 is 5.32 Å². The molecule has 0 radical (unpaired) electrons. The van der Waals surface area contributed by atoms with Crippen molar-refractivity contribution in [2.75, 3.05) is 38.5 Å². The fourth-order valence-corrected chi connectivity index (χ4v) is 1.72. The Kier molecular flexibility index (Phi) is 4.75. The van der Waals surface area contributed by atoms with Crippen LogP contribution in [0.2, 0.25) is 0 Å². The van der Waals surface area contributed by atoms with Crippen LogP contribution in [0.3, 0.4) is 0 Å². The number of nitrogens with one attached hydrogen (secondary N) is 1. The molecule has 0 amide bonds. The van der Waals surface area contributed by atoms with Crippen LogP contribution in [0.1, 0.15) is 6.42 Å². The van der Waals surface area contributed by atoms with Gasteiger partial charge in [0.15, 0.2) is 11.1 Å². The maximum Gasteiger partial charge on any atom is 0.152 e. The first-order valence-electron chi connectivity index (χ1n) is 4.29. The zero-order valence-electron chi connectivity index (χ0n) is 7.16. The molecule has 1 saturated heterocycles. The third kappa shape index (κ3) is 4.15. The van der Waals surface area contributed by atoms with Crippen LogP contribution in [0.4, 0.5) is 0 Å². The van der Waals surface area contributed by atoms with Gasteiger partial charge in [0.25, 0.3) is 0 Å². The Labute approximate surface area is 75.6 Å². The normalized spacial score (nSPS) is 22.4. The second-order valence-corrected chi connectivity index (χ2v) is 4.02. The SMILES string of the molecule is O=S(O)CCCN1CCNCC1. The number of nitrogens with zero attached hydrogens (tertiary/aromatic N) is 1. The number of rotatable bonds is 4. The Morgan fingerprint density at radius 2 is 2.08 bits per heavy atom. The van der Waals surface area contributed by atoms with Crippen molar-refractivity contribution in [3.8, 4) is 0 Å². The first kappa shape index (κ1) is 10.1. The molecule has 4 nitrogen and oxygen atoms in total. The molecule has 1 rings (SSSR count). The molecule has 12 heavy (non-hydrogen) atoms. The molecule has 1 heterocycles. The van der Waals surface area contributed by atoms with E-state index in [1.165, 1.54) is 0 Å². The van der Waals surface area contributed by atoms with E-state index in [1.54, 1.807) is 0 Å². The summed E-state index contributed by atoms with van der Waals surface area (Å²) in [7, 11) is 0. The lowest BCUT2D eigenvalue weighted by molar-refractivity contribution is 0.242. The monoisotopic (exact) mass is 192 g/mol. The maximum absolute atomic E-state index is 10.3. The van der Waals surface area contributed by atoms with Crippen molar-refractivity contribution in [2.24, 2.45) is 0 Å². The van der Waals surface area contributed by atoms with Crippen LogP contribution in [-0.2, 0) is 11.1 Å². The van der Waals surface area contributed by atoms with E-state index in [1.807, 2.05) is 0 Å². The van der Waals surface area contributed by atoms with Crippen LogP contribution in [-0.4, -0.2) is 52.1 Å². The van der Waals surface area contributed by atoms with Gasteiger partial charge in [-0.3, -0.25) is 0 Å². The molecule has 0 spiro atoms. The highest BCUT2D eigenvalue weighted by Crippen LogP contribution is 1.94. The molecule has 0 aliphatic carbocycles. The van der Waals surface area contributed by atoms with E-state index >= 15 is 0 Å². The van der Waals surface area contributed by atoms with Crippen molar-refractivity contribution in [1.29, 1.82) is 0 Å². The highest BCUT2D eigenvalue weighted by molar-refractivity contribution is 7.79. The minimum absolute atomic E-state index is 0.407. The largest absolute Gasteiger partial charge is 0.314 e. The lowest BCUT2D eigenvalue weighted by atomic mass is 10.3. The molecule has 1 aliphatic rings. The summed E-state index contributed by atoms with van der Waals surface area (Å²) in [5.74, 6) is 0.407. The van der Waals surface area contributed by atoms with Crippen LogP contribution >= 0.6 is 0 Å². The lowest BCUT2D eigenvalue weighted by Gasteiger charge is -2.26. The average molecular weight is 192 g/mol. The molecule has 1 atom stereocenters. The highest BCUT2D eigenvalue weighted by Gasteiger charge is 2.08. The van der Waals surface area contributed by atoms with Gasteiger partial charge in [0.1, 0.15) is 0 Å². The van der Waals surface area contributed by atoms with Gasteiger partial charge in [0.2, 0.25) is 0 Å². The Morgan fingerprint density at radius 1 is 1.42 bits per heavy atom. The van der Waals surface area contributed by atoms with E-state index in [-0.39, 0.29) is 0 Å². The standard InChI is InChI=1S/C7H16N2O2S/c10-12(11)7-1-4-9-5-2-8-3-6-9/h8H,1-7H2,(H,10,11). The van der Waals surface area contributed by atoms with E-state index < -0.39 is 11.1 Å². The first-order chi connectivity index (χ1) is 5.79. The number of piperazine rings is 1. The van der Waals surface area contributed by atoms with Crippen LogP contribution in [0.25, 0.3) is 0 Å². The smallest absolute Gasteiger partial charge is 0.152 e. The quantitative estimate of drug-likeness (QED) is 0.590. The molecule has 0 aromatic heterocycles. The van der Waals surface area contributed by atoms with Gasteiger partial charge < -0.3 is 14.8 Å². The minimum atomic E-state index is -1.61. The fourth-order valence-electron chi connectivity index (χ4n) is 1.35. The van der Waals surface area contributed by atoms with E-state index in [0.717, 1.165) is 39.1 Å². The predicted octanol–water partition coefficient (Wildman–Crippen LogP) is -0.497. The van der Waals surface area contributed by atoms with Crippen molar-refractivity contribution in [2.45, 2.75) is 6.42 Å². The van der Waals surface area contributed by atoms with Gasteiger partial charge in [-0.25, -0.2) is 4.21 Å². The first-order valence-corrected chi connectivity index (χ1v) is 5.57. The van der Waals surface area contributed by atoms with Gasteiger partial charge in [0.05, 0.1) is 5.75 Å². The van der Waals surface area contributed by atoms with Crippen molar-refractivity contribution >= 4 is 11.1 Å². The summed E-state index contributed by atoms with van der Waals surface area (Å²) in [4.78, 5) is 2.32. The Balaban J connectivity index is 2.01. The fraction of sp³-hybridized carbons (Fsp3) is 1.00. The molecular weight excluding hydrogens is 176 g/mol. The number of hydrogen-bond donors (Lipinski definition) is 2. The van der Waals surface area contributed by atoms with E-state index in [2.05, 4.69) is 10.2 Å². The molecule has 2 N–H and O–H groups in total. The van der Waals surface area contributed by atoms with E-state index in [4.69, 9.17) is 4.55 Å². The Hall–Kier alpha value is 0.0300. The Bertz CT molecular complexity index is 148. The Morgan fingerprint density at radius 3 is 2.67 bits per heavy atom. The van der Waals surface area contributed by atoms with Crippen molar-refractivity contribution in [3.63, 3.8) is 0 Å². The summed E-state index contributed by atoms with van der Waals surface area (Å²) in [5, 5.41) is 3.26. The zero-order valence-corrected chi connectivity index (χ0v) is 7.98. The molecule has 72 valence electrons. The van der Waals surface area contributed by atoms with Gasteiger partial charge in [-0.2, -0.15) is 0 Å². The summed E-state index contributed by atoms with van der Waals surface area (Å²) < 4.78 is 18.8. The lowest BCUT2D eigenvalue weighted by Crippen LogP contribution is -2.43. The molecule has 0 aromatic rings. The third-order valence-electron chi connectivity index (χ3n) is 2.00. The van der Waals surface area contributed by atoms with E-state index in [0.29, 0.717) is 5.75 Å². The van der Waals surface area contributed by atoms with E-state index in [9.17, 15) is 4.21 Å². The second-order valence-electron chi connectivity index (χ2n) is 2.97. The summed E-state index contributed by atoms with van der Waals surface area (Å²) >= 11 is -1.61. The maximum atomic E-state index is 10.3. The topological polar surface area (TPSA) is 52.6 Å². The summed E-state index contributed by atoms with van der Waals surface area (Å²) in [6, 6.07) is 0. The van der Waals surface area contributed by atoms with Crippen molar-refractivity contribution in [3.05, 3.63) is 0 Å². The van der Waals surface area contributed by atoms with Crippen LogP contribution in [0.5, 0.6) is 0 Å². The summed E-state index contributed by atoms with van der Waals surface area (Å²) in [6.07, 6.45) is 0.823. The van der Waals surface area contributed by atoms with Gasteiger partial charge >= 0.3 is 0 Å². The molecular formula is C7H16N2O2S. The second kappa shape index (κ2) is 5.64. The highest BCUT2D eigenvalue weighted by atomic mass is 32.2. The summed E-state index contributed by atoms with van der Waals surface area (Å²) in [5.41, 5.74) is 0. The minimum Gasteiger partial charge on any atom is -0.314 e. The summed E-state index contributed by atoms with van der Waals surface area (Å²) in [6.45, 7) is 5.18. The molecule has 5 heteroatoms. The van der Waals surface area contributed by atoms with Crippen molar-refractivity contribution in [1.82, 2.24) is 10.2 Å². The molecule has 0 saturated carbocycles.